The molecule has 0 aliphatic rings. The van der Waals surface area contributed by atoms with Crippen LogP contribution in [-0.4, -0.2) is 36.6 Å². The van der Waals surface area contributed by atoms with Crippen LogP contribution < -0.4 is 11.1 Å². The third-order valence-electron chi connectivity index (χ3n) is 2.95. The third kappa shape index (κ3) is 4.76. The zero-order chi connectivity index (χ0) is 14.6. The molecule has 1 aromatic rings. The SMILES string of the molecule is CC(C)C(CN(C)C)Nc1ccc(C(N)=S)c(F)c1. The van der Waals surface area contributed by atoms with Crippen molar-refractivity contribution in [2.24, 2.45) is 11.7 Å². The van der Waals surface area contributed by atoms with Crippen molar-refractivity contribution in [3.05, 3.63) is 29.6 Å². The first kappa shape index (κ1) is 15.9. The highest BCUT2D eigenvalue weighted by molar-refractivity contribution is 7.80. The number of hydrogen-bond acceptors (Lipinski definition) is 3. The van der Waals surface area contributed by atoms with E-state index in [9.17, 15) is 4.39 Å². The topological polar surface area (TPSA) is 41.3 Å². The monoisotopic (exact) mass is 283 g/mol. The molecule has 3 nitrogen and oxygen atoms in total. The number of anilines is 1. The van der Waals surface area contributed by atoms with Crippen LogP contribution in [0.5, 0.6) is 0 Å². The van der Waals surface area contributed by atoms with Gasteiger partial charge in [-0.3, -0.25) is 0 Å². The molecule has 0 saturated carbocycles. The lowest BCUT2D eigenvalue weighted by atomic mass is 10.0. The Bertz CT molecular complexity index is 446. The highest BCUT2D eigenvalue weighted by Gasteiger charge is 2.15. The van der Waals surface area contributed by atoms with E-state index in [0.717, 1.165) is 12.2 Å². The molecular formula is C14H22FN3S. The van der Waals surface area contributed by atoms with Gasteiger partial charge in [0.15, 0.2) is 0 Å². The summed E-state index contributed by atoms with van der Waals surface area (Å²) in [6.45, 7) is 5.16. The number of nitrogens with zero attached hydrogens (tertiary/aromatic N) is 1. The third-order valence-corrected chi connectivity index (χ3v) is 3.17. The number of nitrogens with two attached hydrogens (primary N) is 1. The van der Waals surface area contributed by atoms with Crippen LogP contribution in [0, 0.1) is 11.7 Å². The van der Waals surface area contributed by atoms with E-state index in [0.29, 0.717) is 5.92 Å². The molecule has 0 fully saturated rings. The van der Waals surface area contributed by atoms with Gasteiger partial charge >= 0.3 is 0 Å². The van der Waals surface area contributed by atoms with Gasteiger partial charge in [-0.2, -0.15) is 0 Å². The first-order valence-electron chi connectivity index (χ1n) is 6.32. The van der Waals surface area contributed by atoms with Crippen molar-refractivity contribution in [1.29, 1.82) is 0 Å². The van der Waals surface area contributed by atoms with Crippen LogP contribution in [0.2, 0.25) is 0 Å². The van der Waals surface area contributed by atoms with E-state index in [1.165, 1.54) is 6.07 Å². The Hall–Kier alpha value is -1.20. The van der Waals surface area contributed by atoms with Gasteiger partial charge < -0.3 is 16.0 Å². The average molecular weight is 283 g/mol. The molecule has 0 aromatic heterocycles. The summed E-state index contributed by atoms with van der Waals surface area (Å²) in [6.07, 6.45) is 0. The zero-order valence-corrected chi connectivity index (χ0v) is 12.7. The first-order valence-corrected chi connectivity index (χ1v) is 6.72. The first-order chi connectivity index (χ1) is 8.81. The van der Waals surface area contributed by atoms with Gasteiger partial charge in [-0.15, -0.1) is 0 Å². The van der Waals surface area contributed by atoms with E-state index in [1.54, 1.807) is 6.07 Å². The highest BCUT2D eigenvalue weighted by atomic mass is 32.1. The van der Waals surface area contributed by atoms with Gasteiger partial charge in [-0.1, -0.05) is 26.1 Å². The van der Waals surface area contributed by atoms with Crippen molar-refractivity contribution < 1.29 is 4.39 Å². The van der Waals surface area contributed by atoms with Crippen LogP contribution in [0.25, 0.3) is 0 Å². The second-order valence-corrected chi connectivity index (χ2v) is 5.76. The Morgan fingerprint density at radius 3 is 2.47 bits per heavy atom. The number of rotatable bonds is 6. The summed E-state index contributed by atoms with van der Waals surface area (Å²) >= 11 is 4.79. The second kappa shape index (κ2) is 6.82. The lowest BCUT2D eigenvalue weighted by molar-refractivity contribution is 0.344. The van der Waals surface area contributed by atoms with E-state index >= 15 is 0 Å². The van der Waals surface area contributed by atoms with Crippen molar-refractivity contribution in [2.75, 3.05) is 26.0 Å². The van der Waals surface area contributed by atoms with Gasteiger partial charge in [0.05, 0.1) is 0 Å². The lowest BCUT2D eigenvalue weighted by Gasteiger charge is -2.26. The Kier molecular flexibility index (Phi) is 5.69. The van der Waals surface area contributed by atoms with Crippen LogP contribution in [-0.2, 0) is 0 Å². The van der Waals surface area contributed by atoms with E-state index in [-0.39, 0.29) is 22.4 Å². The molecule has 1 atom stereocenters. The maximum absolute atomic E-state index is 13.8. The number of likely N-dealkylation sites (N-methyl/N-ethyl adjacent to an activating group) is 1. The average Bonchev–Trinajstić information content (AvgIpc) is 2.26. The molecule has 0 radical (unpaired) electrons. The molecule has 0 spiro atoms. The fraction of sp³-hybridized carbons (Fsp3) is 0.500. The fourth-order valence-electron chi connectivity index (χ4n) is 1.84. The summed E-state index contributed by atoms with van der Waals surface area (Å²) < 4.78 is 13.8. The van der Waals surface area contributed by atoms with E-state index in [4.69, 9.17) is 18.0 Å². The molecular weight excluding hydrogens is 261 g/mol. The molecule has 0 amide bonds. The van der Waals surface area contributed by atoms with E-state index in [2.05, 4.69) is 24.1 Å². The highest BCUT2D eigenvalue weighted by Crippen LogP contribution is 2.17. The van der Waals surface area contributed by atoms with Crippen LogP contribution in [0.4, 0.5) is 10.1 Å². The number of nitrogens with one attached hydrogen (secondary N) is 1. The van der Waals surface area contributed by atoms with Crippen molar-refractivity contribution in [2.45, 2.75) is 19.9 Å². The van der Waals surface area contributed by atoms with Crippen LogP contribution in [0.3, 0.4) is 0 Å². The molecule has 19 heavy (non-hydrogen) atoms. The van der Waals surface area contributed by atoms with Gasteiger partial charge in [-0.25, -0.2) is 4.39 Å². The predicted molar refractivity (Wildman–Crippen MR) is 83.1 cm³/mol. The summed E-state index contributed by atoms with van der Waals surface area (Å²) in [6, 6.07) is 5.12. The van der Waals surface area contributed by atoms with Crippen molar-refractivity contribution >= 4 is 22.9 Å². The van der Waals surface area contributed by atoms with Crippen molar-refractivity contribution in [3.8, 4) is 0 Å². The summed E-state index contributed by atoms with van der Waals surface area (Å²) in [7, 11) is 4.04. The Labute approximate surface area is 120 Å². The van der Waals surface area contributed by atoms with Gasteiger partial charge in [0.2, 0.25) is 0 Å². The molecule has 1 aromatic carbocycles. The van der Waals surface area contributed by atoms with Crippen molar-refractivity contribution in [1.82, 2.24) is 4.90 Å². The summed E-state index contributed by atoms with van der Waals surface area (Å²) in [5, 5.41) is 3.35. The number of hydrogen-bond donors (Lipinski definition) is 2. The van der Waals surface area contributed by atoms with Crippen molar-refractivity contribution in [3.63, 3.8) is 0 Å². The van der Waals surface area contributed by atoms with Gasteiger partial charge in [0.1, 0.15) is 10.8 Å². The van der Waals surface area contributed by atoms with Crippen LogP contribution >= 0.6 is 12.2 Å². The number of benzene rings is 1. The summed E-state index contributed by atoms with van der Waals surface area (Å²) in [5.74, 6) is 0.0607. The molecule has 3 N–H and O–H groups in total. The fourth-order valence-corrected chi connectivity index (χ4v) is 2.00. The van der Waals surface area contributed by atoms with E-state index < -0.39 is 0 Å². The maximum Gasteiger partial charge on any atom is 0.135 e. The Morgan fingerprint density at radius 2 is 2.05 bits per heavy atom. The summed E-state index contributed by atoms with van der Waals surface area (Å²) in [4.78, 5) is 2.19. The quantitative estimate of drug-likeness (QED) is 0.787. The minimum atomic E-state index is -0.384. The minimum Gasteiger partial charge on any atom is -0.389 e. The molecule has 1 unspecified atom stereocenters. The minimum absolute atomic E-state index is 0.0813. The largest absolute Gasteiger partial charge is 0.389 e. The molecule has 106 valence electrons. The van der Waals surface area contributed by atoms with Gasteiger partial charge in [0, 0.05) is 23.8 Å². The molecule has 0 aliphatic carbocycles. The molecule has 0 aliphatic heterocycles. The normalized spacial score (nSPS) is 12.8. The smallest absolute Gasteiger partial charge is 0.135 e. The van der Waals surface area contributed by atoms with E-state index in [1.807, 2.05) is 20.2 Å². The lowest BCUT2D eigenvalue weighted by Crippen LogP contribution is -2.36. The maximum atomic E-state index is 13.8. The van der Waals surface area contributed by atoms with Crippen LogP contribution in [0.15, 0.2) is 18.2 Å². The summed E-state index contributed by atoms with van der Waals surface area (Å²) in [5.41, 5.74) is 6.48. The standard InChI is InChI=1S/C14H22FN3S/c1-9(2)13(8-18(3)4)17-10-5-6-11(14(16)19)12(15)7-10/h5-7,9,13,17H,8H2,1-4H3,(H2,16,19). The zero-order valence-electron chi connectivity index (χ0n) is 11.9. The van der Waals surface area contributed by atoms with Crippen LogP contribution in [0.1, 0.15) is 19.4 Å². The molecule has 0 saturated heterocycles. The number of halogens is 1. The molecule has 0 bridgehead atoms. The van der Waals surface area contributed by atoms with Gasteiger partial charge in [-0.05, 0) is 38.2 Å². The second-order valence-electron chi connectivity index (χ2n) is 5.32. The number of thiocarbonyl (C=S) groups is 1. The van der Waals surface area contributed by atoms with Gasteiger partial charge in [0.25, 0.3) is 0 Å². The molecule has 5 heteroatoms. The predicted octanol–water partition coefficient (Wildman–Crippen LogP) is 2.46. The molecule has 0 heterocycles. The Morgan fingerprint density at radius 1 is 1.42 bits per heavy atom. The molecule has 1 rings (SSSR count). The Balaban J connectivity index is 2.85.